The van der Waals surface area contributed by atoms with Gasteiger partial charge in [-0.25, -0.2) is 0 Å². The molecule has 3 aliphatic rings. The van der Waals surface area contributed by atoms with Crippen LogP contribution in [0.3, 0.4) is 0 Å². The summed E-state index contributed by atoms with van der Waals surface area (Å²) in [7, 11) is -3.89. The van der Waals surface area contributed by atoms with E-state index in [-0.39, 0.29) is 33.8 Å². The molecule has 1 N–H and O–H groups in total. The fraction of sp³-hybridized carbons (Fsp3) is 0.333. The molecule has 0 saturated heterocycles. The van der Waals surface area contributed by atoms with Crippen molar-refractivity contribution < 1.29 is 18.3 Å². The quantitative estimate of drug-likeness (QED) is 0.785. The molecule has 0 aromatic heterocycles. The van der Waals surface area contributed by atoms with Crippen LogP contribution in [0.15, 0.2) is 75.2 Å². The first kappa shape index (κ1) is 20.0. The van der Waals surface area contributed by atoms with E-state index in [1.54, 1.807) is 23.1 Å². The van der Waals surface area contributed by atoms with Gasteiger partial charge in [-0.05, 0) is 30.4 Å². The molecule has 160 valence electrons. The van der Waals surface area contributed by atoms with Crippen LogP contribution >= 0.6 is 0 Å². The van der Waals surface area contributed by atoms with E-state index < -0.39 is 16.1 Å². The van der Waals surface area contributed by atoms with Gasteiger partial charge in [-0.2, -0.15) is 12.8 Å². The van der Waals surface area contributed by atoms with Gasteiger partial charge in [0.05, 0.1) is 10.9 Å². The fourth-order valence-corrected chi connectivity index (χ4v) is 6.28. The van der Waals surface area contributed by atoms with E-state index >= 15 is 0 Å². The van der Waals surface area contributed by atoms with E-state index in [1.807, 2.05) is 30.3 Å². The first-order valence-electron chi connectivity index (χ1n) is 10.7. The second-order valence-electron chi connectivity index (χ2n) is 8.43. The Morgan fingerprint density at radius 3 is 2.39 bits per heavy atom. The van der Waals surface area contributed by atoms with Gasteiger partial charge in [0.15, 0.2) is 0 Å². The lowest BCUT2D eigenvalue weighted by Gasteiger charge is -2.34. The van der Waals surface area contributed by atoms with Gasteiger partial charge in [-0.1, -0.05) is 67.8 Å². The third kappa shape index (κ3) is 3.37. The zero-order chi connectivity index (χ0) is 21.6. The van der Waals surface area contributed by atoms with Crippen molar-refractivity contribution >= 4 is 21.6 Å². The molecule has 31 heavy (non-hydrogen) atoms. The predicted molar refractivity (Wildman–Crippen MR) is 117 cm³/mol. The van der Waals surface area contributed by atoms with Gasteiger partial charge >= 0.3 is 0 Å². The lowest BCUT2D eigenvalue weighted by molar-refractivity contribution is -0.128. The second-order valence-corrected chi connectivity index (χ2v) is 10.0. The number of amides is 1. The van der Waals surface area contributed by atoms with Gasteiger partial charge in [0.25, 0.3) is 15.9 Å². The van der Waals surface area contributed by atoms with Crippen LogP contribution < -0.4 is 0 Å². The summed E-state index contributed by atoms with van der Waals surface area (Å²) in [6.07, 6.45) is 5.15. The van der Waals surface area contributed by atoms with Crippen LogP contribution in [0.2, 0.25) is 0 Å². The Balaban J connectivity index is 1.60. The maximum atomic E-state index is 13.6. The monoisotopic (exact) mass is 436 g/mol. The van der Waals surface area contributed by atoms with Crippen molar-refractivity contribution in [2.24, 2.45) is 10.3 Å². The normalized spacial score (nSPS) is 23.2. The lowest BCUT2D eigenvalue weighted by Crippen LogP contribution is -2.41. The molecule has 1 atom stereocenters. The highest BCUT2D eigenvalue weighted by atomic mass is 32.2. The van der Waals surface area contributed by atoms with E-state index in [0.29, 0.717) is 12.1 Å². The fourth-order valence-electron chi connectivity index (χ4n) is 5.06. The number of fused-ring (bicyclic) bond motifs is 1. The number of carbonyl (C=O) groups is 1. The molecule has 1 aliphatic carbocycles. The number of hydrogen-bond acceptors (Lipinski definition) is 4. The van der Waals surface area contributed by atoms with Crippen LogP contribution in [0.5, 0.6) is 0 Å². The molecule has 6 nitrogen and oxygen atoms in total. The molecule has 1 fully saturated rings. The van der Waals surface area contributed by atoms with Crippen molar-refractivity contribution in [2.75, 3.05) is 0 Å². The summed E-state index contributed by atoms with van der Waals surface area (Å²) in [4.78, 5) is 15.4. The number of aliphatic hydroxyl groups is 1. The molecule has 2 aromatic carbocycles. The van der Waals surface area contributed by atoms with Crippen molar-refractivity contribution in [1.82, 2.24) is 4.90 Å². The molecule has 7 heteroatoms. The molecule has 2 heterocycles. The first-order chi connectivity index (χ1) is 15.0. The van der Waals surface area contributed by atoms with E-state index in [0.717, 1.165) is 37.7 Å². The maximum Gasteiger partial charge on any atom is 0.283 e. The van der Waals surface area contributed by atoms with Gasteiger partial charge in [-0.3, -0.25) is 4.79 Å². The van der Waals surface area contributed by atoms with E-state index in [1.165, 1.54) is 6.07 Å². The molecule has 0 unspecified atom stereocenters. The van der Waals surface area contributed by atoms with Crippen molar-refractivity contribution in [3.8, 4) is 0 Å². The molecule has 0 bridgehead atoms. The minimum absolute atomic E-state index is 0.0278. The van der Waals surface area contributed by atoms with Crippen LogP contribution in [0.4, 0.5) is 0 Å². The van der Waals surface area contributed by atoms with Crippen molar-refractivity contribution in [2.45, 2.75) is 49.6 Å². The summed E-state index contributed by atoms with van der Waals surface area (Å²) in [6, 6.07) is 15.7. The average Bonchev–Trinajstić information content (AvgIpc) is 3.19. The summed E-state index contributed by atoms with van der Waals surface area (Å²) >= 11 is 0. The SMILES string of the molecule is O=C1C(C2=NS(=O)(=O)c3ccccc32)=C(O)[C@H](C2CCCCC2)N1Cc1ccccc1. The van der Waals surface area contributed by atoms with Crippen molar-refractivity contribution in [3.63, 3.8) is 0 Å². The number of sulfonamides is 1. The first-order valence-corrected chi connectivity index (χ1v) is 12.1. The van der Waals surface area contributed by atoms with E-state index in [9.17, 15) is 18.3 Å². The summed E-state index contributed by atoms with van der Waals surface area (Å²) in [6.45, 7) is 0.357. The highest BCUT2D eigenvalue weighted by molar-refractivity contribution is 7.90. The molecule has 2 aliphatic heterocycles. The molecule has 1 amide bonds. The number of hydrogen-bond donors (Lipinski definition) is 1. The summed E-state index contributed by atoms with van der Waals surface area (Å²) < 4.78 is 29.1. The summed E-state index contributed by atoms with van der Waals surface area (Å²) in [5.74, 6) is -0.256. The Kier molecular flexibility index (Phi) is 4.93. The molecule has 0 spiro atoms. The molecule has 0 radical (unpaired) electrons. The van der Waals surface area contributed by atoms with Gasteiger partial charge in [-0.15, -0.1) is 0 Å². The highest BCUT2D eigenvalue weighted by Gasteiger charge is 2.47. The number of carbonyl (C=O) groups excluding carboxylic acids is 1. The van der Waals surface area contributed by atoms with Crippen LogP contribution in [0, 0.1) is 5.92 Å². The topological polar surface area (TPSA) is 87.0 Å². The van der Waals surface area contributed by atoms with Gasteiger partial charge < -0.3 is 10.0 Å². The van der Waals surface area contributed by atoms with Gasteiger partial charge in [0.1, 0.15) is 17.0 Å². The van der Waals surface area contributed by atoms with E-state index in [4.69, 9.17) is 0 Å². The number of aliphatic hydroxyl groups excluding tert-OH is 1. The third-order valence-electron chi connectivity index (χ3n) is 6.51. The zero-order valence-electron chi connectivity index (χ0n) is 17.1. The van der Waals surface area contributed by atoms with Crippen LogP contribution in [0.25, 0.3) is 0 Å². The Bertz CT molecular complexity index is 1200. The summed E-state index contributed by atoms with van der Waals surface area (Å²) in [5, 5.41) is 11.3. The maximum absolute atomic E-state index is 13.6. The predicted octanol–water partition coefficient (Wildman–Crippen LogP) is 3.98. The minimum atomic E-state index is -3.89. The number of rotatable bonds is 4. The number of nitrogens with zero attached hydrogens (tertiary/aromatic N) is 2. The van der Waals surface area contributed by atoms with Crippen LogP contribution in [-0.2, 0) is 21.4 Å². The lowest BCUT2D eigenvalue weighted by atomic mass is 9.82. The van der Waals surface area contributed by atoms with Crippen molar-refractivity contribution in [3.05, 3.63) is 77.1 Å². The largest absolute Gasteiger partial charge is 0.509 e. The molecular formula is C24H24N2O4S. The van der Waals surface area contributed by atoms with Crippen molar-refractivity contribution in [1.29, 1.82) is 0 Å². The molecule has 5 rings (SSSR count). The van der Waals surface area contributed by atoms with Gasteiger partial charge in [0, 0.05) is 12.1 Å². The highest BCUT2D eigenvalue weighted by Crippen LogP contribution is 2.40. The summed E-state index contributed by atoms with van der Waals surface area (Å²) in [5.41, 5.74) is 1.43. The smallest absolute Gasteiger partial charge is 0.283 e. The molecule has 2 aromatic rings. The minimum Gasteiger partial charge on any atom is -0.509 e. The third-order valence-corrected chi connectivity index (χ3v) is 7.84. The standard InChI is InChI=1S/C24H24N2O4S/c27-23-20(21-18-13-7-8-14-19(18)31(29,30)25-21)24(28)26(15-16-9-3-1-4-10-16)22(23)17-11-5-2-6-12-17/h1,3-4,7-10,13-14,17,22,27H,2,5-6,11-12,15H2/t22-/m0/s1. The Morgan fingerprint density at radius 2 is 1.65 bits per heavy atom. The van der Waals surface area contributed by atoms with Crippen LogP contribution in [0.1, 0.15) is 43.2 Å². The zero-order valence-corrected chi connectivity index (χ0v) is 17.9. The number of benzene rings is 2. The Morgan fingerprint density at radius 1 is 0.968 bits per heavy atom. The van der Waals surface area contributed by atoms with E-state index in [2.05, 4.69) is 4.40 Å². The Hall–Kier alpha value is -2.93. The Labute approximate surface area is 182 Å². The average molecular weight is 437 g/mol. The van der Waals surface area contributed by atoms with Gasteiger partial charge in [0.2, 0.25) is 0 Å². The second kappa shape index (κ2) is 7.64. The molecule has 1 saturated carbocycles. The molecular weight excluding hydrogens is 412 g/mol. The van der Waals surface area contributed by atoms with Crippen LogP contribution in [-0.4, -0.2) is 36.1 Å².